The van der Waals surface area contributed by atoms with E-state index in [1.54, 1.807) is 17.4 Å². The van der Waals surface area contributed by atoms with Crippen molar-refractivity contribution in [3.8, 4) is 11.1 Å². The molecular weight excluding hydrogens is 426 g/mol. The summed E-state index contributed by atoms with van der Waals surface area (Å²) in [5.74, 6) is 0. The summed E-state index contributed by atoms with van der Waals surface area (Å²) in [5, 5.41) is 4.00. The SMILES string of the molecule is Cc1cccc(-c2c(C)sc3nc(C)cc(NS(=O)(=O)C4(Cl)CCNCC4)c23)c1. The van der Waals surface area contributed by atoms with Crippen LogP contribution in [0.25, 0.3) is 21.3 Å². The molecule has 0 spiro atoms. The highest BCUT2D eigenvalue weighted by molar-refractivity contribution is 7.95. The van der Waals surface area contributed by atoms with Gasteiger partial charge < -0.3 is 5.32 Å². The van der Waals surface area contributed by atoms with Crippen molar-refractivity contribution < 1.29 is 8.42 Å². The number of aryl methyl sites for hydroxylation is 3. The molecule has 29 heavy (non-hydrogen) atoms. The number of aromatic nitrogens is 1. The summed E-state index contributed by atoms with van der Waals surface area (Å²) in [7, 11) is -3.79. The van der Waals surface area contributed by atoms with E-state index in [2.05, 4.69) is 27.2 Å². The number of benzene rings is 1. The van der Waals surface area contributed by atoms with E-state index in [1.807, 2.05) is 32.9 Å². The highest BCUT2D eigenvalue weighted by atomic mass is 35.5. The van der Waals surface area contributed by atoms with Gasteiger partial charge in [-0.3, -0.25) is 4.72 Å². The van der Waals surface area contributed by atoms with E-state index in [0.717, 1.165) is 37.5 Å². The van der Waals surface area contributed by atoms with Gasteiger partial charge in [0, 0.05) is 21.5 Å². The number of fused-ring (bicyclic) bond motifs is 1. The van der Waals surface area contributed by atoms with Crippen LogP contribution in [-0.4, -0.2) is 30.7 Å². The summed E-state index contributed by atoms with van der Waals surface area (Å²) in [6, 6.07) is 10.0. The van der Waals surface area contributed by atoms with Crippen LogP contribution in [0.1, 0.15) is 29.0 Å². The maximum Gasteiger partial charge on any atom is 0.252 e. The van der Waals surface area contributed by atoms with Crippen LogP contribution >= 0.6 is 22.9 Å². The number of thiophene rings is 1. The summed E-state index contributed by atoms with van der Waals surface area (Å²) in [6.45, 7) is 7.14. The lowest BCUT2D eigenvalue weighted by atomic mass is 10.0. The molecule has 1 fully saturated rings. The lowest BCUT2D eigenvalue weighted by Crippen LogP contribution is -2.46. The average Bonchev–Trinajstić information content (AvgIpc) is 2.97. The van der Waals surface area contributed by atoms with E-state index < -0.39 is 14.2 Å². The van der Waals surface area contributed by atoms with Crippen LogP contribution in [-0.2, 0) is 10.0 Å². The molecule has 1 aliphatic rings. The lowest BCUT2D eigenvalue weighted by Gasteiger charge is -2.31. The fourth-order valence-electron chi connectivity index (χ4n) is 3.87. The molecule has 154 valence electrons. The highest BCUT2D eigenvalue weighted by Crippen LogP contribution is 2.43. The third-order valence-corrected chi connectivity index (χ3v) is 9.20. The Morgan fingerprint density at radius 2 is 1.90 bits per heavy atom. The number of alkyl halides is 1. The number of anilines is 1. The smallest absolute Gasteiger partial charge is 0.252 e. The monoisotopic (exact) mass is 449 g/mol. The zero-order chi connectivity index (χ0) is 20.8. The van der Waals surface area contributed by atoms with Crippen LogP contribution in [0.4, 0.5) is 5.69 Å². The minimum Gasteiger partial charge on any atom is -0.317 e. The maximum absolute atomic E-state index is 13.3. The Labute approximate surface area is 180 Å². The van der Waals surface area contributed by atoms with Crippen molar-refractivity contribution in [2.75, 3.05) is 17.8 Å². The predicted molar refractivity (Wildman–Crippen MR) is 122 cm³/mol. The topological polar surface area (TPSA) is 71.1 Å². The Morgan fingerprint density at radius 3 is 2.59 bits per heavy atom. The number of rotatable bonds is 4. The number of halogens is 1. The zero-order valence-corrected chi connectivity index (χ0v) is 19.1. The second-order valence-corrected chi connectivity index (χ2v) is 11.8. The van der Waals surface area contributed by atoms with Gasteiger partial charge in [0.25, 0.3) is 10.0 Å². The average molecular weight is 450 g/mol. The number of piperidine rings is 1. The largest absolute Gasteiger partial charge is 0.317 e. The first kappa shape index (κ1) is 20.6. The first-order chi connectivity index (χ1) is 13.7. The Balaban J connectivity index is 1.88. The van der Waals surface area contributed by atoms with Crippen molar-refractivity contribution in [1.82, 2.24) is 10.3 Å². The lowest BCUT2D eigenvalue weighted by molar-refractivity contribution is 0.470. The summed E-state index contributed by atoms with van der Waals surface area (Å²) < 4.78 is 28.0. The van der Waals surface area contributed by atoms with Gasteiger partial charge >= 0.3 is 0 Å². The van der Waals surface area contributed by atoms with Gasteiger partial charge in [0.1, 0.15) is 4.83 Å². The fraction of sp³-hybridized carbons (Fsp3) is 0.381. The van der Waals surface area contributed by atoms with Crippen molar-refractivity contribution in [3.05, 3.63) is 46.5 Å². The molecule has 4 rings (SSSR count). The molecule has 1 saturated heterocycles. The Hall–Kier alpha value is -1.67. The molecule has 1 aliphatic heterocycles. The molecule has 0 bridgehead atoms. The number of nitrogens with zero attached hydrogens (tertiary/aromatic N) is 1. The molecule has 0 amide bonds. The van der Waals surface area contributed by atoms with Gasteiger partial charge in [-0.2, -0.15) is 0 Å². The van der Waals surface area contributed by atoms with Crippen LogP contribution in [0.3, 0.4) is 0 Å². The first-order valence-electron chi connectivity index (χ1n) is 9.60. The highest BCUT2D eigenvalue weighted by Gasteiger charge is 2.43. The van der Waals surface area contributed by atoms with Crippen molar-refractivity contribution in [2.45, 2.75) is 37.8 Å². The number of hydrogen-bond acceptors (Lipinski definition) is 5. The van der Waals surface area contributed by atoms with Gasteiger partial charge in [0.05, 0.1) is 5.69 Å². The number of sulfonamides is 1. The number of hydrogen-bond donors (Lipinski definition) is 2. The van der Waals surface area contributed by atoms with Crippen molar-refractivity contribution in [2.24, 2.45) is 0 Å². The molecule has 3 heterocycles. The minimum absolute atomic E-state index is 0.366. The summed E-state index contributed by atoms with van der Waals surface area (Å²) in [5.41, 5.74) is 4.54. The number of pyridine rings is 1. The molecule has 2 N–H and O–H groups in total. The summed E-state index contributed by atoms with van der Waals surface area (Å²) >= 11 is 8.17. The standard InChI is InChI=1S/C21H24ClN3O2S2/c1-13-5-4-6-16(11-13)18-15(3)28-20-19(18)17(12-14(2)24-20)25-29(26,27)21(22)7-9-23-10-8-21/h4-6,11-12,23H,7-10H2,1-3H3,(H,24,25). The zero-order valence-electron chi connectivity index (χ0n) is 16.7. The molecule has 0 aliphatic carbocycles. The van der Waals surface area contributed by atoms with E-state index in [1.165, 1.54) is 0 Å². The maximum atomic E-state index is 13.3. The van der Waals surface area contributed by atoms with Gasteiger partial charge in [-0.25, -0.2) is 13.4 Å². The normalized spacial score (nSPS) is 16.8. The molecular formula is C21H24ClN3O2S2. The van der Waals surface area contributed by atoms with Crippen LogP contribution in [0.5, 0.6) is 0 Å². The fourth-order valence-corrected chi connectivity index (χ4v) is 6.66. The van der Waals surface area contributed by atoms with E-state index in [0.29, 0.717) is 31.6 Å². The Morgan fingerprint density at radius 1 is 1.17 bits per heavy atom. The van der Waals surface area contributed by atoms with Gasteiger partial charge in [0.2, 0.25) is 0 Å². The molecule has 8 heteroatoms. The second-order valence-electron chi connectivity index (χ2n) is 7.63. The predicted octanol–water partition coefficient (Wildman–Crippen LogP) is 4.95. The van der Waals surface area contributed by atoms with Crippen molar-refractivity contribution in [3.63, 3.8) is 0 Å². The molecule has 0 radical (unpaired) electrons. The van der Waals surface area contributed by atoms with Crippen LogP contribution < -0.4 is 10.0 Å². The summed E-state index contributed by atoms with van der Waals surface area (Å²) in [6.07, 6.45) is 0.731. The molecule has 0 unspecified atom stereocenters. The van der Waals surface area contributed by atoms with Crippen LogP contribution in [0.15, 0.2) is 30.3 Å². The van der Waals surface area contributed by atoms with Gasteiger partial charge in [0.15, 0.2) is 4.21 Å². The second kappa shape index (κ2) is 7.54. The van der Waals surface area contributed by atoms with Gasteiger partial charge in [-0.05, 0) is 58.3 Å². The Bertz CT molecular complexity index is 1180. The minimum atomic E-state index is -3.79. The quantitative estimate of drug-likeness (QED) is 0.553. The van der Waals surface area contributed by atoms with Crippen molar-refractivity contribution in [1.29, 1.82) is 0 Å². The molecule has 0 atom stereocenters. The summed E-state index contributed by atoms with van der Waals surface area (Å²) in [4.78, 5) is 6.59. The number of nitrogens with one attached hydrogen (secondary N) is 2. The third kappa shape index (κ3) is 3.77. The van der Waals surface area contributed by atoms with Crippen molar-refractivity contribution >= 4 is 48.9 Å². The molecule has 1 aromatic carbocycles. The van der Waals surface area contributed by atoms with E-state index in [4.69, 9.17) is 11.6 Å². The van der Waals surface area contributed by atoms with E-state index >= 15 is 0 Å². The molecule has 3 aromatic rings. The third-order valence-electron chi connectivity index (χ3n) is 5.35. The Kier molecular flexibility index (Phi) is 5.36. The first-order valence-corrected chi connectivity index (χ1v) is 12.3. The van der Waals surface area contributed by atoms with Gasteiger partial charge in [-0.1, -0.05) is 41.4 Å². The molecule has 0 saturated carbocycles. The molecule has 2 aromatic heterocycles. The van der Waals surface area contributed by atoms with Gasteiger partial charge in [-0.15, -0.1) is 11.3 Å². The van der Waals surface area contributed by atoms with E-state index in [9.17, 15) is 8.42 Å². The van der Waals surface area contributed by atoms with Crippen LogP contribution in [0, 0.1) is 20.8 Å². The van der Waals surface area contributed by atoms with Crippen LogP contribution in [0.2, 0.25) is 0 Å². The van der Waals surface area contributed by atoms with E-state index in [-0.39, 0.29) is 0 Å². The molecule has 5 nitrogen and oxygen atoms in total.